The van der Waals surface area contributed by atoms with Gasteiger partial charge in [0.05, 0.1) is 5.75 Å². The SMILES string of the molecule is Cc1nnc(CSc2ccc(N)nc2)n1C. The summed E-state index contributed by atoms with van der Waals surface area (Å²) in [6, 6.07) is 3.75. The van der Waals surface area contributed by atoms with E-state index in [0.717, 1.165) is 22.3 Å². The lowest BCUT2D eigenvalue weighted by Crippen LogP contribution is -1.97. The van der Waals surface area contributed by atoms with Gasteiger partial charge in [-0.05, 0) is 19.1 Å². The second kappa shape index (κ2) is 4.52. The second-order valence-electron chi connectivity index (χ2n) is 3.43. The third-order valence-electron chi connectivity index (χ3n) is 2.31. The van der Waals surface area contributed by atoms with Crippen LogP contribution in [0, 0.1) is 6.92 Å². The number of nitrogens with two attached hydrogens (primary N) is 1. The first-order chi connectivity index (χ1) is 7.66. The van der Waals surface area contributed by atoms with E-state index in [2.05, 4.69) is 15.2 Å². The van der Waals surface area contributed by atoms with Crippen LogP contribution in [0.15, 0.2) is 23.2 Å². The van der Waals surface area contributed by atoms with E-state index in [1.54, 1.807) is 24.0 Å². The van der Waals surface area contributed by atoms with E-state index in [9.17, 15) is 0 Å². The third-order valence-corrected chi connectivity index (χ3v) is 3.29. The summed E-state index contributed by atoms with van der Waals surface area (Å²) in [5, 5.41) is 8.10. The van der Waals surface area contributed by atoms with Crippen LogP contribution in [-0.2, 0) is 12.8 Å². The highest BCUT2D eigenvalue weighted by Crippen LogP contribution is 2.21. The molecule has 0 unspecified atom stereocenters. The molecule has 2 heterocycles. The van der Waals surface area contributed by atoms with Crippen molar-refractivity contribution in [1.82, 2.24) is 19.7 Å². The minimum absolute atomic E-state index is 0.541. The standard InChI is InChI=1S/C10H13N5S/c1-7-13-14-10(15(7)2)6-16-8-3-4-9(11)12-5-8/h3-5H,6H2,1-2H3,(H2,11,12). The maximum Gasteiger partial charge on any atom is 0.143 e. The van der Waals surface area contributed by atoms with Crippen molar-refractivity contribution in [2.75, 3.05) is 5.73 Å². The Balaban J connectivity index is 2.02. The zero-order valence-electron chi connectivity index (χ0n) is 9.21. The van der Waals surface area contributed by atoms with E-state index in [1.165, 1.54) is 0 Å². The van der Waals surface area contributed by atoms with Crippen LogP contribution >= 0.6 is 11.8 Å². The quantitative estimate of drug-likeness (QED) is 0.814. The molecule has 2 aromatic heterocycles. The lowest BCUT2D eigenvalue weighted by atomic mass is 10.5. The van der Waals surface area contributed by atoms with Crippen molar-refractivity contribution in [3.05, 3.63) is 30.0 Å². The smallest absolute Gasteiger partial charge is 0.143 e. The molecular weight excluding hydrogens is 222 g/mol. The van der Waals surface area contributed by atoms with Crippen LogP contribution in [0.2, 0.25) is 0 Å². The second-order valence-corrected chi connectivity index (χ2v) is 4.48. The lowest BCUT2D eigenvalue weighted by molar-refractivity contribution is 0.817. The number of thioether (sulfide) groups is 1. The minimum atomic E-state index is 0.541. The molecular formula is C10H13N5S. The van der Waals surface area contributed by atoms with Gasteiger partial charge in [0.25, 0.3) is 0 Å². The van der Waals surface area contributed by atoms with Crippen LogP contribution < -0.4 is 5.73 Å². The molecule has 0 radical (unpaired) electrons. The predicted molar refractivity (Wildman–Crippen MR) is 64.0 cm³/mol. The lowest BCUT2D eigenvalue weighted by Gasteiger charge is -2.02. The largest absolute Gasteiger partial charge is 0.384 e. The Morgan fingerprint density at radius 1 is 1.38 bits per heavy atom. The third kappa shape index (κ3) is 2.33. The van der Waals surface area contributed by atoms with Gasteiger partial charge in [-0.1, -0.05) is 0 Å². The number of rotatable bonds is 3. The summed E-state index contributed by atoms with van der Waals surface area (Å²) in [4.78, 5) is 5.11. The maximum atomic E-state index is 5.51. The Bertz CT molecular complexity index is 476. The first-order valence-corrected chi connectivity index (χ1v) is 5.84. The normalized spacial score (nSPS) is 10.6. The summed E-state index contributed by atoms with van der Waals surface area (Å²) in [6.45, 7) is 1.94. The van der Waals surface area contributed by atoms with E-state index in [-0.39, 0.29) is 0 Å². The molecule has 2 rings (SSSR count). The molecule has 5 nitrogen and oxygen atoms in total. The van der Waals surface area contributed by atoms with Gasteiger partial charge in [0, 0.05) is 18.1 Å². The summed E-state index contributed by atoms with van der Waals surface area (Å²) < 4.78 is 1.98. The number of hydrogen-bond acceptors (Lipinski definition) is 5. The average molecular weight is 235 g/mol. The van der Waals surface area contributed by atoms with E-state index in [0.29, 0.717) is 5.82 Å². The van der Waals surface area contributed by atoms with Crippen LogP contribution in [0.5, 0.6) is 0 Å². The van der Waals surface area contributed by atoms with Gasteiger partial charge in [-0.2, -0.15) is 0 Å². The molecule has 2 aromatic rings. The maximum absolute atomic E-state index is 5.51. The number of aromatic nitrogens is 4. The molecule has 16 heavy (non-hydrogen) atoms. The highest BCUT2D eigenvalue weighted by molar-refractivity contribution is 7.98. The van der Waals surface area contributed by atoms with Crippen molar-refractivity contribution in [3.63, 3.8) is 0 Å². The van der Waals surface area contributed by atoms with E-state index < -0.39 is 0 Å². The minimum Gasteiger partial charge on any atom is -0.384 e. The Labute approximate surface area is 98.1 Å². The molecule has 0 atom stereocenters. The van der Waals surface area contributed by atoms with Gasteiger partial charge in [0.15, 0.2) is 0 Å². The molecule has 84 valence electrons. The van der Waals surface area contributed by atoms with Gasteiger partial charge in [0.1, 0.15) is 17.5 Å². The fourth-order valence-electron chi connectivity index (χ4n) is 1.20. The van der Waals surface area contributed by atoms with Gasteiger partial charge >= 0.3 is 0 Å². The number of nitrogens with zero attached hydrogens (tertiary/aromatic N) is 4. The van der Waals surface area contributed by atoms with Crippen molar-refractivity contribution >= 4 is 17.6 Å². The first kappa shape index (κ1) is 10.9. The van der Waals surface area contributed by atoms with Crippen LogP contribution in [0.25, 0.3) is 0 Å². The Morgan fingerprint density at radius 3 is 2.75 bits per heavy atom. The van der Waals surface area contributed by atoms with Gasteiger partial charge in [0.2, 0.25) is 0 Å². The molecule has 0 aliphatic carbocycles. The number of aryl methyl sites for hydroxylation is 1. The van der Waals surface area contributed by atoms with Gasteiger partial charge in [-0.3, -0.25) is 0 Å². The fourth-order valence-corrected chi connectivity index (χ4v) is 2.04. The zero-order valence-corrected chi connectivity index (χ0v) is 10.0. The number of pyridine rings is 1. The number of nitrogen functional groups attached to an aromatic ring is 1. The van der Waals surface area contributed by atoms with Crippen LogP contribution in [-0.4, -0.2) is 19.7 Å². The summed E-state index contributed by atoms with van der Waals surface area (Å²) in [7, 11) is 1.96. The summed E-state index contributed by atoms with van der Waals surface area (Å²) in [6.07, 6.45) is 1.77. The van der Waals surface area contributed by atoms with Gasteiger partial charge < -0.3 is 10.3 Å². The summed E-state index contributed by atoms with van der Waals surface area (Å²) >= 11 is 1.67. The molecule has 0 aliphatic rings. The highest BCUT2D eigenvalue weighted by atomic mass is 32.2. The van der Waals surface area contributed by atoms with Crippen molar-refractivity contribution < 1.29 is 0 Å². The molecule has 6 heteroatoms. The van der Waals surface area contributed by atoms with Gasteiger partial charge in [-0.25, -0.2) is 4.98 Å². The molecule has 0 amide bonds. The van der Waals surface area contributed by atoms with Crippen molar-refractivity contribution in [2.24, 2.45) is 7.05 Å². The Hall–Kier alpha value is -1.56. The number of anilines is 1. The van der Waals surface area contributed by atoms with Crippen molar-refractivity contribution in [2.45, 2.75) is 17.6 Å². The Kier molecular flexibility index (Phi) is 3.09. The first-order valence-electron chi connectivity index (χ1n) is 4.86. The van der Waals surface area contributed by atoms with E-state index in [1.807, 2.05) is 24.6 Å². The molecule has 0 saturated heterocycles. The fraction of sp³-hybridized carbons (Fsp3) is 0.300. The van der Waals surface area contributed by atoms with E-state index in [4.69, 9.17) is 5.73 Å². The molecule has 0 saturated carbocycles. The molecule has 0 fully saturated rings. The Morgan fingerprint density at radius 2 is 2.19 bits per heavy atom. The van der Waals surface area contributed by atoms with Crippen molar-refractivity contribution in [3.8, 4) is 0 Å². The molecule has 0 aliphatic heterocycles. The topological polar surface area (TPSA) is 69.6 Å². The molecule has 0 aromatic carbocycles. The van der Waals surface area contributed by atoms with Crippen LogP contribution in [0.1, 0.15) is 11.6 Å². The molecule has 0 bridgehead atoms. The van der Waals surface area contributed by atoms with Gasteiger partial charge in [-0.15, -0.1) is 22.0 Å². The zero-order chi connectivity index (χ0) is 11.5. The number of hydrogen-bond donors (Lipinski definition) is 1. The van der Waals surface area contributed by atoms with E-state index >= 15 is 0 Å². The highest BCUT2D eigenvalue weighted by Gasteiger charge is 2.05. The molecule has 0 spiro atoms. The summed E-state index contributed by atoms with van der Waals surface area (Å²) in [5.74, 6) is 3.20. The monoisotopic (exact) mass is 235 g/mol. The summed E-state index contributed by atoms with van der Waals surface area (Å²) in [5.41, 5.74) is 5.51. The van der Waals surface area contributed by atoms with Crippen LogP contribution in [0.3, 0.4) is 0 Å². The predicted octanol–water partition coefficient (Wildman–Crippen LogP) is 1.39. The average Bonchev–Trinajstić information content (AvgIpc) is 2.60. The van der Waals surface area contributed by atoms with Crippen molar-refractivity contribution in [1.29, 1.82) is 0 Å². The van der Waals surface area contributed by atoms with Crippen LogP contribution in [0.4, 0.5) is 5.82 Å². The molecule has 2 N–H and O–H groups in total.